The highest BCUT2D eigenvalue weighted by atomic mass is 32.1. The summed E-state index contributed by atoms with van der Waals surface area (Å²) in [6, 6.07) is 6.99. The van der Waals surface area contributed by atoms with Crippen molar-refractivity contribution < 1.29 is 27.5 Å². The molecular formula is C32H31F2N5O4S. The number of thiophene rings is 1. The van der Waals surface area contributed by atoms with Gasteiger partial charge in [-0.2, -0.15) is 0 Å². The molecule has 9 nitrogen and oxygen atoms in total. The van der Waals surface area contributed by atoms with E-state index >= 15 is 0 Å². The van der Waals surface area contributed by atoms with Crippen molar-refractivity contribution in [3.05, 3.63) is 75.2 Å². The van der Waals surface area contributed by atoms with Crippen LogP contribution in [0.3, 0.4) is 0 Å². The number of pyridine rings is 1. The van der Waals surface area contributed by atoms with Gasteiger partial charge in [-0.25, -0.2) is 8.78 Å². The summed E-state index contributed by atoms with van der Waals surface area (Å²) in [5.41, 5.74) is 3.88. The summed E-state index contributed by atoms with van der Waals surface area (Å²) < 4.78 is 38.5. The van der Waals surface area contributed by atoms with Gasteiger partial charge in [0.15, 0.2) is 11.6 Å². The second kappa shape index (κ2) is 11.8. The molecule has 4 aromatic rings. The largest absolute Gasteiger partial charge is 0.421 e. The molecule has 3 aromatic heterocycles. The van der Waals surface area contributed by atoms with Crippen molar-refractivity contribution in [2.75, 3.05) is 19.8 Å². The molecule has 228 valence electrons. The Morgan fingerprint density at radius 3 is 2.68 bits per heavy atom. The van der Waals surface area contributed by atoms with Gasteiger partial charge in [0.2, 0.25) is 11.8 Å². The van der Waals surface area contributed by atoms with E-state index in [9.17, 15) is 18.4 Å². The molecule has 12 heteroatoms. The fourth-order valence-corrected chi connectivity index (χ4v) is 7.47. The first kappa shape index (κ1) is 28.7. The number of aryl methyl sites for hydroxylation is 2. The number of benzene rings is 1. The summed E-state index contributed by atoms with van der Waals surface area (Å²) in [5.74, 6) is -1.14. The van der Waals surface area contributed by atoms with Crippen molar-refractivity contribution in [1.82, 2.24) is 25.4 Å². The third kappa shape index (κ3) is 5.30. The predicted octanol–water partition coefficient (Wildman–Crippen LogP) is 6.03. The minimum atomic E-state index is -0.969. The molecule has 44 heavy (non-hydrogen) atoms. The maximum absolute atomic E-state index is 13.9. The molecule has 0 aliphatic carbocycles. The molecule has 2 saturated heterocycles. The smallest absolute Gasteiger partial charge is 0.261 e. The molecule has 6 heterocycles. The minimum absolute atomic E-state index is 0.0336. The Morgan fingerprint density at radius 2 is 1.91 bits per heavy atom. The van der Waals surface area contributed by atoms with Gasteiger partial charge in [-0.3, -0.25) is 14.6 Å². The van der Waals surface area contributed by atoms with Crippen LogP contribution in [0, 0.1) is 24.5 Å². The number of rotatable bonds is 8. The van der Waals surface area contributed by atoms with Gasteiger partial charge in [0.05, 0.1) is 33.4 Å². The molecule has 3 aliphatic heterocycles. The normalized spacial score (nSPS) is 18.1. The van der Waals surface area contributed by atoms with Crippen LogP contribution in [0.25, 0.3) is 21.9 Å². The first-order chi connectivity index (χ1) is 21.4. The number of amides is 2. The van der Waals surface area contributed by atoms with E-state index in [1.807, 2.05) is 11.0 Å². The van der Waals surface area contributed by atoms with Crippen molar-refractivity contribution >= 4 is 23.2 Å². The number of carbonyl (C=O) groups is 2. The van der Waals surface area contributed by atoms with Crippen LogP contribution in [-0.4, -0.2) is 51.7 Å². The molecule has 0 unspecified atom stereocenters. The van der Waals surface area contributed by atoms with Crippen LogP contribution in [0.5, 0.6) is 0 Å². The van der Waals surface area contributed by atoms with Crippen molar-refractivity contribution in [2.45, 2.75) is 58.0 Å². The molecule has 0 saturated carbocycles. The van der Waals surface area contributed by atoms with Crippen molar-refractivity contribution in [3.8, 4) is 21.9 Å². The third-order valence-electron chi connectivity index (χ3n) is 8.73. The van der Waals surface area contributed by atoms with Crippen molar-refractivity contribution in [1.29, 1.82) is 0 Å². The SMILES string of the molecule is Cc1nnc(-c2c(CCC3CCOCC3)nc3c(c2-c2ccc(C(=O)NCc4ccc(F)c(F)c4)s2)C(=O)N2CCC[C@@H]32)o1. The highest BCUT2D eigenvalue weighted by Crippen LogP contribution is 2.49. The molecule has 7 rings (SSSR count). The average Bonchev–Trinajstić information content (AvgIpc) is 3.84. The zero-order valence-corrected chi connectivity index (χ0v) is 25.0. The first-order valence-electron chi connectivity index (χ1n) is 15.0. The molecule has 1 atom stereocenters. The van der Waals surface area contributed by atoms with Gasteiger partial charge in [0, 0.05) is 43.7 Å². The van der Waals surface area contributed by atoms with Crippen LogP contribution in [0.2, 0.25) is 0 Å². The van der Waals surface area contributed by atoms with E-state index in [0.717, 1.165) is 68.8 Å². The number of carbonyl (C=O) groups excluding carboxylic acids is 2. The molecule has 1 N–H and O–H groups in total. The highest BCUT2D eigenvalue weighted by molar-refractivity contribution is 7.17. The summed E-state index contributed by atoms with van der Waals surface area (Å²) in [6.07, 6.45) is 5.36. The zero-order chi connectivity index (χ0) is 30.4. The van der Waals surface area contributed by atoms with Gasteiger partial charge in [-0.15, -0.1) is 21.5 Å². The Bertz CT molecular complexity index is 1750. The number of aromatic nitrogens is 3. The number of nitrogens with one attached hydrogen (secondary N) is 1. The minimum Gasteiger partial charge on any atom is -0.421 e. The lowest BCUT2D eigenvalue weighted by Crippen LogP contribution is -2.23. The van der Waals surface area contributed by atoms with Crippen LogP contribution in [0.4, 0.5) is 8.78 Å². The summed E-state index contributed by atoms with van der Waals surface area (Å²) in [4.78, 5) is 35.3. The zero-order valence-electron chi connectivity index (χ0n) is 24.2. The Labute approximate surface area is 256 Å². The molecule has 2 fully saturated rings. The number of ether oxygens (including phenoxy) is 1. The van der Waals surface area contributed by atoms with Crippen LogP contribution < -0.4 is 5.32 Å². The van der Waals surface area contributed by atoms with E-state index < -0.39 is 11.6 Å². The first-order valence-corrected chi connectivity index (χ1v) is 15.8. The van der Waals surface area contributed by atoms with E-state index in [4.69, 9.17) is 14.1 Å². The molecule has 0 spiro atoms. The van der Waals surface area contributed by atoms with Gasteiger partial charge in [-0.05, 0) is 74.3 Å². The number of halogens is 2. The molecule has 3 aliphatic rings. The van der Waals surface area contributed by atoms with Crippen LogP contribution in [-0.2, 0) is 17.7 Å². The van der Waals surface area contributed by atoms with Crippen LogP contribution in [0.1, 0.15) is 81.0 Å². The van der Waals surface area contributed by atoms with E-state index in [1.54, 1.807) is 13.0 Å². The summed E-state index contributed by atoms with van der Waals surface area (Å²) in [6.45, 7) is 3.94. The lowest BCUT2D eigenvalue weighted by atomic mass is 9.90. The van der Waals surface area contributed by atoms with E-state index in [1.165, 1.54) is 17.4 Å². The van der Waals surface area contributed by atoms with E-state index in [0.29, 0.717) is 62.7 Å². The Morgan fingerprint density at radius 1 is 1.07 bits per heavy atom. The molecule has 0 bridgehead atoms. The topological polar surface area (TPSA) is 110 Å². The lowest BCUT2D eigenvalue weighted by Gasteiger charge is -2.22. The standard InChI is InChI=1S/C32H31F2N5O4S/c1-17-37-38-31(43-17)26-22(7-5-18-10-13-42-14-11-18)36-29-23-3-2-12-39(23)32(41)28(29)27(26)24-8-9-25(44-24)30(40)35-16-19-4-6-20(33)21(34)15-19/h4,6,8-9,15,18,23H,2-3,5,7,10-14,16H2,1H3,(H,35,40)/t23-/m0/s1. The number of hydrogen-bond donors (Lipinski definition) is 1. The monoisotopic (exact) mass is 619 g/mol. The summed E-state index contributed by atoms with van der Waals surface area (Å²) >= 11 is 1.25. The Hall–Kier alpha value is -4.03. The Balaban J connectivity index is 1.29. The van der Waals surface area contributed by atoms with Crippen molar-refractivity contribution in [3.63, 3.8) is 0 Å². The molecule has 1 aromatic carbocycles. The summed E-state index contributed by atoms with van der Waals surface area (Å²) in [7, 11) is 0. The second-order valence-electron chi connectivity index (χ2n) is 11.5. The van der Waals surface area contributed by atoms with Crippen molar-refractivity contribution in [2.24, 2.45) is 5.92 Å². The fourth-order valence-electron chi connectivity index (χ4n) is 6.49. The molecule has 2 amide bonds. The molecular weight excluding hydrogens is 588 g/mol. The lowest BCUT2D eigenvalue weighted by molar-refractivity contribution is 0.0639. The predicted molar refractivity (Wildman–Crippen MR) is 158 cm³/mol. The Kier molecular flexibility index (Phi) is 7.71. The van der Waals surface area contributed by atoms with E-state index in [-0.39, 0.29) is 24.4 Å². The number of nitrogens with zero attached hydrogens (tertiary/aromatic N) is 4. The number of hydrogen-bond acceptors (Lipinski definition) is 8. The van der Waals surface area contributed by atoms with E-state index in [2.05, 4.69) is 15.5 Å². The third-order valence-corrected chi connectivity index (χ3v) is 9.83. The maximum atomic E-state index is 13.9. The second-order valence-corrected chi connectivity index (χ2v) is 12.6. The van der Waals surface area contributed by atoms with Gasteiger partial charge in [-0.1, -0.05) is 6.07 Å². The quantitative estimate of drug-likeness (QED) is 0.257. The maximum Gasteiger partial charge on any atom is 0.261 e. The van der Waals surface area contributed by atoms with Crippen LogP contribution in [0.15, 0.2) is 34.7 Å². The number of fused-ring (bicyclic) bond motifs is 3. The van der Waals surface area contributed by atoms with Crippen LogP contribution >= 0.6 is 11.3 Å². The van der Waals surface area contributed by atoms with Gasteiger partial charge < -0.3 is 19.4 Å². The van der Waals surface area contributed by atoms with Gasteiger partial charge >= 0.3 is 0 Å². The fraction of sp³-hybridized carbons (Fsp3) is 0.406. The highest BCUT2D eigenvalue weighted by Gasteiger charge is 2.45. The van der Waals surface area contributed by atoms with Gasteiger partial charge in [0.25, 0.3) is 11.8 Å². The molecule has 0 radical (unpaired) electrons. The van der Waals surface area contributed by atoms with Gasteiger partial charge in [0.1, 0.15) is 0 Å². The summed E-state index contributed by atoms with van der Waals surface area (Å²) in [5, 5.41) is 11.2. The average molecular weight is 620 g/mol.